The molecule has 162 valence electrons. The van der Waals surface area contributed by atoms with Crippen LogP contribution in [0.25, 0.3) is 0 Å². The van der Waals surface area contributed by atoms with Gasteiger partial charge in [-0.05, 0) is 51.0 Å². The lowest BCUT2D eigenvalue weighted by molar-refractivity contribution is 0.0596. The molecule has 0 atom stereocenters. The van der Waals surface area contributed by atoms with Gasteiger partial charge in [0.05, 0.1) is 5.56 Å². The lowest BCUT2D eigenvalue weighted by Gasteiger charge is -2.48. The summed E-state index contributed by atoms with van der Waals surface area (Å²) in [6.07, 6.45) is 1.99. The Morgan fingerprint density at radius 3 is 2.50 bits per heavy atom. The summed E-state index contributed by atoms with van der Waals surface area (Å²) in [6, 6.07) is 9.76. The van der Waals surface area contributed by atoms with Gasteiger partial charge in [0.15, 0.2) is 0 Å². The average molecular weight is 432 g/mol. The van der Waals surface area contributed by atoms with Crippen molar-refractivity contribution in [2.45, 2.75) is 36.8 Å². The van der Waals surface area contributed by atoms with E-state index in [-0.39, 0.29) is 16.4 Å². The highest BCUT2D eigenvalue weighted by Crippen LogP contribution is 2.42. The number of carbonyl (C=O) groups excluding carboxylic acids is 1. The summed E-state index contributed by atoms with van der Waals surface area (Å²) in [5.74, 6) is 0.154. The van der Waals surface area contributed by atoms with Gasteiger partial charge < -0.3 is 14.2 Å². The maximum absolute atomic E-state index is 13.5. The molecule has 3 heterocycles. The monoisotopic (exact) mass is 431 g/mol. The molecule has 1 aromatic carbocycles. The SMILES string of the molecule is Cc1oc(S(=O)(=O)N(C)C)cc1C(=O)N1Cc2ccccc2C2(CCN(C)CC2)C1. The van der Waals surface area contributed by atoms with E-state index in [9.17, 15) is 13.2 Å². The van der Waals surface area contributed by atoms with Crippen LogP contribution < -0.4 is 0 Å². The van der Waals surface area contributed by atoms with Gasteiger partial charge >= 0.3 is 0 Å². The molecule has 0 bridgehead atoms. The van der Waals surface area contributed by atoms with Crippen LogP contribution in [0.3, 0.4) is 0 Å². The molecule has 1 saturated heterocycles. The van der Waals surface area contributed by atoms with Gasteiger partial charge in [-0.1, -0.05) is 24.3 Å². The predicted molar refractivity (Wildman–Crippen MR) is 114 cm³/mol. The fourth-order valence-electron chi connectivity index (χ4n) is 4.65. The first-order valence-corrected chi connectivity index (χ1v) is 11.7. The Hall–Kier alpha value is -2.16. The van der Waals surface area contributed by atoms with E-state index in [1.165, 1.54) is 31.3 Å². The third kappa shape index (κ3) is 3.46. The van der Waals surface area contributed by atoms with E-state index in [0.29, 0.717) is 24.4 Å². The Morgan fingerprint density at radius 2 is 1.83 bits per heavy atom. The number of piperidine rings is 1. The molecule has 30 heavy (non-hydrogen) atoms. The van der Waals surface area contributed by atoms with E-state index in [0.717, 1.165) is 30.2 Å². The molecule has 8 heteroatoms. The minimum absolute atomic E-state index is 0.0623. The van der Waals surface area contributed by atoms with Crippen molar-refractivity contribution in [1.82, 2.24) is 14.1 Å². The lowest BCUT2D eigenvalue weighted by atomic mass is 9.69. The fraction of sp³-hybridized carbons (Fsp3) is 0.500. The number of likely N-dealkylation sites (tertiary alicyclic amines) is 1. The van der Waals surface area contributed by atoms with Crippen molar-refractivity contribution < 1.29 is 17.6 Å². The molecule has 0 radical (unpaired) electrons. The van der Waals surface area contributed by atoms with Crippen LogP contribution in [0.5, 0.6) is 0 Å². The summed E-state index contributed by atoms with van der Waals surface area (Å²) in [5.41, 5.74) is 2.77. The van der Waals surface area contributed by atoms with E-state index in [1.807, 2.05) is 11.0 Å². The highest BCUT2D eigenvalue weighted by molar-refractivity contribution is 7.88. The Morgan fingerprint density at radius 1 is 1.17 bits per heavy atom. The van der Waals surface area contributed by atoms with Crippen LogP contribution >= 0.6 is 0 Å². The fourth-order valence-corrected chi connectivity index (χ4v) is 5.51. The van der Waals surface area contributed by atoms with Crippen LogP contribution in [0.4, 0.5) is 0 Å². The van der Waals surface area contributed by atoms with Gasteiger partial charge in [0, 0.05) is 38.7 Å². The normalized spacial score (nSPS) is 19.3. The number of benzene rings is 1. The summed E-state index contributed by atoms with van der Waals surface area (Å²) in [5, 5.41) is -0.195. The number of hydrogen-bond donors (Lipinski definition) is 0. The van der Waals surface area contributed by atoms with Crippen LogP contribution in [0.2, 0.25) is 0 Å². The van der Waals surface area contributed by atoms with E-state index in [4.69, 9.17) is 4.42 Å². The second-order valence-corrected chi connectivity index (χ2v) is 10.8. The first-order valence-electron chi connectivity index (χ1n) is 10.2. The molecular formula is C22H29N3O4S. The molecule has 2 aliphatic rings. The minimum Gasteiger partial charge on any atom is -0.448 e. The highest BCUT2D eigenvalue weighted by atomic mass is 32.2. The first kappa shape index (κ1) is 21.1. The Labute approximate surface area is 178 Å². The Balaban J connectivity index is 1.69. The van der Waals surface area contributed by atoms with Gasteiger partial charge in [0.1, 0.15) is 5.76 Å². The second-order valence-electron chi connectivity index (χ2n) is 8.72. The summed E-state index contributed by atoms with van der Waals surface area (Å²) in [4.78, 5) is 17.7. The van der Waals surface area contributed by atoms with Crippen molar-refractivity contribution in [1.29, 1.82) is 0 Å². The zero-order valence-electron chi connectivity index (χ0n) is 18.0. The van der Waals surface area contributed by atoms with E-state index < -0.39 is 10.0 Å². The number of sulfonamides is 1. The van der Waals surface area contributed by atoms with Crippen molar-refractivity contribution in [2.24, 2.45) is 0 Å². The molecular weight excluding hydrogens is 402 g/mol. The lowest BCUT2D eigenvalue weighted by Crippen LogP contribution is -2.52. The van der Waals surface area contributed by atoms with Gasteiger partial charge in [-0.25, -0.2) is 12.7 Å². The standard InChI is InChI=1S/C22H29N3O4S/c1-16-18(13-20(29-16)30(27,28)23(2)3)21(26)25-14-17-7-5-6-8-19(17)22(15-25)9-11-24(4)12-10-22/h5-8,13H,9-12,14-15H2,1-4H3. The number of nitrogens with zero attached hydrogens (tertiary/aromatic N) is 3. The molecule has 1 fully saturated rings. The van der Waals surface area contributed by atoms with Crippen molar-refractivity contribution in [3.63, 3.8) is 0 Å². The zero-order chi connectivity index (χ0) is 21.7. The third-order valence-corrected chi connectivity index (χ3v) is 8.21. The van der Waals surface area contributed by atoms with Gasteiger partial charge in [0.2, 0.25) is 5.09 Å². The zero-order valence-corrected chi connectivity index (χ0v) is 18.8. The maximum Gasteiger partial charge on any atom is 0.275 e. The maximum atomic E-state index is 13.5. The van der Waals surface area contributed by atoms with E-state index >= 15 is 0 Å². The molecule has 0 N–H and O–H groups in total. The molecule has 1 aromatic heterocycles. The smallest absolute Gasteiger partial charge is 0.275 e. The third-order valence-electron chi connectivity index (χ3n) is 6.54. The van der Waals surface area contributed by atoms with Crippen molar-refractivity contribution >= 4 is 15.9 Å². The number of amides is 1. The van der Waals surface area contributed by atoms with Crippen LogP contribution in [0.15, 0.2) is 39.8 Å². The van der Waals surface area contributed by atoms with E-state index in [2.05, 4.69) is 30.1 Å². The van der Waals surface area contributed by atoms with Crippen LogP contribution in [-0.4, -0.2) is 69.2 Å². The molecule has 7 nitrogen and oxygen atoms in total. The summed E-state index contributed by atoms with van der Waals surface area (Å²) >= 11 is 0. The van der Waals surface area contributed by atoms with Crippen LogP contribution in [-0.2, 0) is 22.0 Å². The molecule has 1 amide bonds. The van der Waals surface area contributed by atoms with Crippen molar-refractivity contribution in [2.75, 3.05) is 40.8 Å². The minimum atomic E-state index is -3.73. The summed E-state index contributed by atoms with van der Waals surface area (Å²) in [6.45, 7) is 4.79. The number of aryl methyl sites for hydroxylation is 1. The predicted octanol–water partition coefficient (Wildman–Crippen LogP) is 2.46. The summed E-state index contributed by atoms with van der Waals surface area (Å²) < 4.78 is 31.4. The van der Waals surface area contributed by atoms with Gasteiger partial charge in [-0.3, -0.25) is 4.79 Å². The quantitative estimate of drug-likeness (QED) is 0.746. The summed E-state index contributed by atoms with van der Waals surface area (Å²) in [7, 11) is 1.29. The molecule has 0 aliphatic carbocycles. The van der Waals surface area contributed by atoms with E-state index in [1.54, 1.807) is 6.92 Å². The van der Waals surface area contributed by atoms with Crippen molar-refractivity contribution in [3.8, 4) is 0 Å². The highest BCUT2D eigenvalue weighted by Gasteiger charge is 2.43. The van der Waals surface area contributed by atoms with Gasteiger partial charge in [0.25, 0.3) is 15.9 Å². The number of rotatable bonds is 3. The largest absolute Gasteiger partial charge is 0.448 e. The van der Waals surface area contributed by atoms with Gasteiger partial charge in [-0.15, -0.1) is 0 Å². The average Bonchev–Trinajstić information content (AvgIpc) is 3.12. The molecule has 0 saturated carbocycles. The Kier molecular flexibility index (Phi) is 5.28. The van der Waals surface area contributed by atoms with Crippen LogP contribution in [0, 0.1) is 6.92 Å². The number of carbonyl (C=O) groups is 1. The molecule has 0 unspecified atom stereocenters. The number of fused-ring (bicyclic) bond motifs is 2. The van der Waals surface area contributed by atoms with Gasteiger partial charge in [-0.2, -0.15) is 0 Å². The first-order chi connectivity index (χ1) is 14.1. The number of furan rings is 1. The Bertz CT molecular complexity index is 1070. The molecule has 2 aromatic rings. The molecule has 2 aliphatic heterocycles. The number of hydrogen-bond acceptors (Lipinski definition) is 5. The van der Waals surface area contributed by atoms with Crippen LogP contribution in [0.1, 0.15) is 40.1 Å². The molecule has 1 spiro atoms. The molecule has 4 rings (SSSR count). The van der Waals surface area contributed by atoms with Crippen molar-refractivity contribution in [3.05, 3.63) is 52.8 Å². The topological polar surface area (TPSA) is 74.1 Å². The second kappa shape index (κ2) is 7.51.